The molecule has 3 heteroatoms. The summed E-state index contributed by atoms with van der Waals surface area (Å²) >= 11 is 0. The highest BCUT2D eigenvalue weighted by Gasteiger charge is 2.19. The number of hydroxylamine groups is 2. The molecule has 0 atom stereocenters. The molecule has 0 radical (unpaired) electrons. The zero-order valence-corrected chi connectivity index (χ0v) is 7.17. The molecule has 3 nitrogen and oxygen atoms in total. The van der Waals surface area contributed by atoms with Crippen LogP contribution in [-0.2, 0) is 9.63 Å². The Morgan fingerprint density at radius 2 is 2.18 bits per heavy atom. The quantitative estimate of drug-likeness (QED) is 0.572. The van der Waals surface area contributed by atoms with Gasteiger partial charge in [-0.15, -0.1) is 0 Å². The molecule has 0 aliphatic carbocycles. The van der Waals surface area contributed by atoms with E-state index in [2.05, 4.69) is 0 Å². The van der Waals surface area contributed by atoms with Gasteiger partial charge in [0.1, 0.15) is 0 Å². The van der Waals surface area contributed by atoms with E-state index in [4.69, 9.17) is 4.84 Å². The summed E-state index contributed by atoms with van der Waals surface area (Å²) in [7, 11) is 0. The number of hydrogen-bond acceptors (Lipinski definition) is 2. The summed E-state index contributed by atoms with van der Waals surface area (Å²) in [5.74, 6) is 0.151. The Bertz CT molecular complexity index is 139. The molecule has 1 amide bonds. The van der Waals surface area contributed by atoms with E-state index in [1.165, 1.54) is 5.06 Å². The van der Waals surface area contributed by atoms with Crippen molar-refractivity contribution in [1.29, 1.82) is 0 Å². The first-order valence-electron chi connectivity index (χ1n) is 4.16. The summed E-state index contributed by atoms with van der Waals surface area (Å²) in [5, 5.41) is 1.49. The molecule has 1 heterocycles. The number of carbonyl (C=O) groups is 1. The average molecular weight is 157 g/mol. The van der Waals surface area contributed by atoms with Crippen molar-refractivity contribution < 1.29 is 9.63 Å². The molecule has 0 spiro atoms. The smallest absolute Gasteiger partial charge is 0.248 e. The van der Waals surface area contributed by atoms with Gasteiger partial charge in [-0.25, -0.2) is 5.06 Å². The van der Waals surface area contributed by atoms with Crippen LogP contribution in [0, 0.1) is 5.92 Å². The van der Waals surface area contributed by atoms with E-state index in [0.29, 0.717) is 6.61 Å². The molecule has 0 bridgehead atoms. The lowest BCUT2D eigenvalue weighted by Crippen LogP contribution is -2.38. The minimum atomic E-state index is 0.0492. The fourth-order valence-corrected chi connectivity index (χ4v) is 1.06. The number of nitrogens with zero attached hydrogens (tertiary/aromatic N) is 1. The molecule has 1 rings (SSSR count). The van der Waals surface area contributed by atoms with Crippen molar-refractivity contribution >= 4 is 5.91 Å². The van der Waals surface area contributed by atoms with Gasteiger partial charge >= 0.3 is 0 Å². The third-order valence-corrected chi connectivity index (χ3v) is 1.74. The van der Waals surface area contributed by atoms with Gasteiger partial charge in [-0.1, -0.05) is 13.8 Å². The van der Waals surface area contributed by atoms with Gasteiger partial charge in [0.2, 0.25) is 5.91 Å². The zero-order chi connectivity index (χ0) is 8.27. The van der Waals surface area contributed by atoms with Crippen LogP contribution in [0.25, 0.3) is 0 Å². The molecule has 1 saturated heterocycles. The molecule has 1 fully saturated rings. The van der Waals surface area contributed by atoms with E-state index in [9.17, 15) is 4.79 Å². The molecule has 64 valence electrons. The first kappa shape index (κ1) is 8.53. The minimum absolute atomic E-state index is 0.0492. The number of rotatable bonds is 1. The van der Waals surface area contributed by atoms with Gasteiger partial charge < -0.3 is 0 Å². The first-order chi connectivity index (χ1) is 5.22. The minimum Gasteiger partial charge on any atom is -0.272 e. The fourth-order valence-electron chi connectivity index (χ4n) is 1.06. The molecule has 1 aliphatic heterocycles. The highest BCUT2D eigenvalue weighted by Crippen LogP contribution is 2.09. The van der Waals surface area contributed by atoms with Crippen LogP contribution in [0.15, 0.2) is 0 Å². The maximum absolute atomic E-state index is 11.3. The second-order valence-electron chi connectivity index (χ2n) is 3.14. The van der Waals surface area contributed by atoms with Crippen molar-refractivity contribution in [3.63, 3.8) is 0 Å². The Morgan fingerprint density at radius 3 is 2.64 bits per heavy atom. The van der Waals surface area contributed by atoms with Gasteiger partial charge in [0.25, 0.3) is 0 Å². The highest BCUT2D eigenvalue weighted by atomic mass is 16.7. The molecule has 0 unspecified atom stereocenters. The van der Waals surface area contributed by atoms with Crippen LogP contribution in [0.1, 0.15) is 26.7 Å². The zero-order valence-electron chi connectivity index (χ0n) is 7.17. The number of carbonyl (C=O) groups excluding carboxylic acids is 1. The van der Waals surface area contributed by atoms with Gasteiger partial charge in [0.05, 0.1) is 6.61 Å². The van der Waals surface area contributed by atoms with Crippen molar-refractivity contribution in [2.75, 3.05) is 13.2 Å². The monoisotopic (exact) mass is 157 g/mol. The average Bonchev–Trinajstić information content (AvgIpc) is 2.05. The van der Waals surface area contributed by atoms with E-state index in [0.717, 1.165) is 19.4 Å². The largest absolute Gasteiger partial charge is 0.272 e. The summed E-state index contributed by atoms with van der Waals surface area (Å²) in [6.07, 6.45) is 2.14. The van der Waals surface area contributed by atoms with Gasteiger partial charge in [-0.2, -0.15) is 0 Å². The third-order valence-electron chi connectivity index (χ3n) is 1.74. The van der Waals surface area contributed by atoms with Crippen molar-refractivity contribution in [2.24, 2.45) is 5.92 Å². The Balaban J connectivity index is 2.39. The van der Waals surface area contributed by atoms with E-state index in [-0.39, 0.29) is 11.8 Å². The van der Waals surface area contributed by atoms with Crippen LogP contribution in [0.5, 0.6) is 0 Å². The maximum Gasteiger partial charge on any atom is 0.248 e. The second-order valence-corrected chi connectivity index (χ2v) is 3.14. The lowest BCUT2D eigenvalue weighted by Gasteiger charge is -2.27. The molecule has 0 N–H and O–H groups in total. The summed E-state index contributed by atoms with van der Waals surface area (Å²) in [5.41, 5.74) is 0. The van der Waals surface area contributed by atoms with E-state index in [1.807, 2.05) is 13.8 Å². The van der Waals surface area contributed by atoms with Crippen molar-refractivity contribution in [2.45, 2.75) is 26.7 Å². The molecule has 0 aromatic carbocycles. The predicted molar refractivity (Wildman–Crippen MR) is 41.7 cm³/mol. The fraction of sp³-hybridized carbons (Fsp3) is 0.875. The topological polar surface area (TPSA) is 29.5 Å². The van der Waals surface area contributed by atoms with Crippen LogP contribution in [0.3, 0.4) is 0 Å². The standard InChI is InChI=1S/C8H15NO2/c1-7(2)8(10)9-5-3-4-6-11-9/h7H,3-6H2,1-2H3. The Morgan fingerprint density at radius 1 is 1.45 bits per heavy atom. The Kier molecular flexibility index (Phi) is 2.88. The van der Waals surface area contributed by atoms with E-state index >= 15 is 0 Å². The van der Waals surface area contributed by atoms with Gasteiger partial charge in [-0.3, -0.25) is 9.63 Å². The lowest BCUT2D eigenvalue weighted by atomic mass is 10.2. The SMILES string of the molecule is CC(C)C(=O)N1CCCCO1. The Hall–Kier alpha value is -0.570. The van der Waals surface area contributed by atoms with Gasteiger partial charge in [-0.05, 0) is 12.8 Å². The maximum atomic E-state index is 11.3. The summed E-state index contributed by atoms with van der Waals surface area (Å²) in [4.78, 5) is 16.5. The molecule has 0 aromatic heterocycles. The molecule has 11 heavy (non-hydrogen) atoms. The first-order valence-corrected chi connectivity index (χ1v) is 4.16. The normalized spacial score (nSPS) is 19.0. The van der Waals surface area contributed by atoms with Crippen LogP contribution >= 0.6 is 0 Å². The van der Waals surface area contributed by atoms with Crippen molar-refractivity contribution in [3.8, 4) is 0 Å². The highest BCUT2D eigenvalue weighted by molar-refractivity contribution is 5.77. The molecular formula is C8H15NO2. The summed E-state index contributed by atoms with van der Waals surface area (Å²) in [6.45, 7) is 5.23. The van der Waals surface area contributed by atoms with Crippen LogP contribution in [-0.4, -0.2) is 24.1 Å². The van der Waals surface area contributed by atoms with Crippen LogP contribution in [0.2, 0.25) is 0 Å². The summed E-state index contributed by atoms with van der Waals surface area (Å²) < 4.78 is 0. The number of hydrogen-bond donors (Lipinski definition) is 0. The van der Waals surface area contributed by atoms with Crippen molar-refractivity contribution in [1.82, 2.24) is 5.06 Å². The number of amides is 1. The molecule has 1 aliphatic rings. The summed E-state index contributed by atoms with van der Waals surface area (Å²) in [6, 6.07) is 0. The molecule has 0 saturated carbocycles. The second kappa shape index (κ2) is 3.72. The van der Waals surface area contributed by atoms with E-state index < -0.39 is 0 Å². The molecule has 0 aromatic rings. The van der Waals surface area contributed by atoms with E-state index in [1.54, 1.807) is 0 Å². The van der Waals surface area contributed by atoms with Gasteiger partial charge in [0, 0.05) is 12.5 Å². The Labute approximate surface area is 67.3 Å². The van der Waals surface area contributed by atoms with Crippen molar-refractivity contribution in [3.05, 3.63) is 0 Å². The lowest BCUT2D eigenvalue weighted by molar-refractivity contribution is -0.200. The van der Waals surface area contributed by atoms with Gasteiger partial charge in [0.15, 0.2) is 0 Å². The van der Waals surface area contributed by atoms with Crippen LogP contribution in [0.4, 0.5) is 0 Å². The molecular weight excluding hydrogens is 142 g/mol. The van der Waals surface area contributed by atoms with Crippen LogP contribution < -0.4 is 0 Å². The third kappa shape index (κ3) is 2.19. The predicted octanol–water partition coefficient (Wildman–Crippen LogP) is 1.20.